The molecule has 0 saturated heterocycles. The van der Waals surface area contributed by atoms with Crippen LogP contribution >= 0.6 is 17.8 Å². The van der Waals surface area contributed by atoms with Gasteiger partial charge in [-0.1, -0.05) is 179 Å². The molecule has 0 aliphatic carbocycles. The average molecular weight is 633 g/mol. The highest BCUT2D eigenvalue weighted by molar-refractivity contribution is 7.80. The zero-order valence-corrected chi connectivity index (χ0v) is 34.2. The minimum absolute atomic E-state index is 0. The Kier molecular flexibility index (Phi) is 11.1. The summed E-state index contributed by atoms with van der Waals surface area (Å²) in [7, 11) is -0.846. The highest BCUT2D eigenvalue weighted by Gasteiger charge is 2.34. The van der Waals surface area contributed by atoms with Crippen molar-refractivity contribution in [1.82, 2.24) is 0 Å². The molecule has 0 amide bonds. The van der Waals surface area contributed by atoms with Gasteiger partial charge in [-0.2, -0.15) is 9.90 Å². The summed E-state index contributed by atoms with van der Waals surface area (Å²) in [6, 6.07) is 22.4. The van der Waals surface area contributed by atoms with Crippen molar-refractivity contribution in [2.24, 2.45) is 0 Å². The molecule has 0 radical (unpaired) electrons. The zero-order valence-electron chi connectivity index (χ0n) is 31.9. The summed E-state index contributed by atoms with van der Waals surface area (Å²) < 4.78 is 0. The van der Waals surface area contributed by atoms with Crippen LogP contribution in [0.1, 0.15) is 158 Å². The molecular formula is C42H66P2. The van der Waals surface area contributed by atoms with E-state index in [1.54, 1.807) is 0 Å². The van der Waals surface area contributed by atoms with Gasteiger partial charge in [0, 0.05) is 0 Å². The first kappa shape index (κ1) is 38.7. The lowest BCUT2D eigenvalue weighted by Crippen LogP contribution is -2.36. The minimum Gasteiger partial charge on any atom is -0.153 e. The van der Waals surface area contributed by atoms with Crippen LogP contribution in [0.15, 0.2) is 54.6 Å². The second-order valence-electron chi connectivity index (χ2n) is 19.0. The summed E-state index contributed by atoms with van der Waals surface area (Å²) in [5.41, 5.74) is 8.98. The lowest BCUT2D eigenvalue weighted by molar-refractivity contribution is 0.571. The summed E-state index contributed by atoms with van der Waals surface area (Å²) in [5, 5.41) is 4.50. The van der Waals surface area contributed by atoms with Gasteiger partial charge in [-0.05, 0) is 89.7 Å². The summed E-state index contributed by atoms with van der Waals surface area (Å²) in [6.45, 7) is 42.6. The lowest BCUT2D eigenvalue weighted by Gasteiger charge is -2.37. The predicted molar refractivity (Wildman–Crippen MR) is 208 cm³/mol. The number of benzene rings is 3. The SMILES string of the molecule is CC(C)(C)c1ccc(P(c2ccc(C(C)(C)C)cc2C(C)(C)C)c2ccc(C(C)(C)C)cc2C(C)(C)C)c(C(C)(C)C)c1.P. The molecule has 0 N–H and O–H groups in total. The smallest absolute Gasteiger partial charge is 0.0113 e. The third kappa shape index (κ3) is 8.65. The highest BCUT2D eigenvalue weighted by Crippen LogP contribution is 2.45. The van der Waals surface area contributed by atoms with Gasteiger partial charge in [-0.25, -0.2) is 0 Å². The fraction of sp³-hybridized carbons (Fsp3) is 0.571. The Labute approximate surface area is 278 Å². The third-order valence-corrected chi connectivity index (χ3v) is 11.3. The Balaban J connectivity index is 0.00000675. The molecule has 244 valence electrons. The van der Waals surface area contributed by atoms with Crippen molar-refractivity contribution < 1.29 is 0 Å². The van der Waals surface area contributed by atoms with Crippen LogP contribution in [0.3, 0.4) is 0 Å². The summed E-state index contributed by atoms with van der Waals surface area (Å²) in [4.78, 5) is 0. The molecule has 1 unspecified atom stereocenters. The Morgan fingerprint density at radius 1 is 0.318 bits per heavy atom. The quantitative estimate of drug-likeness (QED) is 0.252. The normalized spacial score (nSPS) is 13.7. The van der Waals surface area contributed by atoms with E-state index in [4.69, 9.17) is 0 Å². The molecule has 2 heteroatoms. The molecule has 3 aromatic carbocycles. The molecule has 0 aromatic heterocycles. The molecule has 0 bridgehead atoms. The first-order valence-electron chi connectivity index (χ1n) is 16.4. The van der Waals surface area contributed by atoms with Gasteiger partial charge in [0.05, 0.1) is 0 Å². The lowest BCUT2D eigenvalue weighted by atomic mass is 9.80. The van der Waals surface area contributed by atoms with Crippen molar-refractivity contribution in [3.05, 3.63) is 88.0 Å². The first-order chi connectivity index (χ1) is 19.1. The van der Waals surface area contributed by atoms with Crippen molar-refractivity contribution in [2.75, 3.05) is 0 Å². The van der Waals surface area contributed by atoms with E-state index >= 15 is 0 Å². The average Bonchev–Trinajstić information content (AvgIpc) is 2.80. The van der Waals surface area contributed by atoms with E-state index in [0.717, 1.165) is 0 Å². The fourth-order valence-corrected chi connectivity index (χ4v) is 9.16. The Morgan fingerprint density at radius 2 is 0.523 bits per heavy atom. The van der Waals surface area contributed by atoms with Crippen LogP contribution in [0, 0.1) is 0 Å². The van der Waals surface area contributed by atoms with Gasteiger partial charge in [-0.3, -0.25) is 0 Å². The summed E-state index contributed by atoms with van der Waals surface area (Å²) >= 11 is 0. The van der Waals surface area contributed by atoms with Gasteiger partial charge >= 0.3 is 0 Å². The van der Waals surface area contributed by atoms with Gasteiger partial charge in [0.25, 0.3) is 0 Å². The van der Waals surface area contributed by atoms with E-state index in [1.807, 2.05) is 0 Å². The molecule has 0 nitrogen and oxygen atoms in total. The maximum absolute atomic E-state index is 2.53. The molecule has 0 spiro atoms. The second kappa shape index (κ2) is 12.6. The molecule has 3 rings (SSSR count). The zero-order chi connectivity index (χ0) is 33.1. The van der Waals surface area contributed by atoms with Crippen LogP contribution < -0.4 is 15.9 Å². The van der Waals surface area contributed by atoms with E-state index in [2.05, 4.69) is 179 Å². The minimum atomic E-state index is -0.846. The molecule has 44 heavy (non-hydrogen) atoms. The topological polar surface area (TPSA) is 0 Å². The molecule has 0 aliphatic rings. The predicted octanol–water partition coefficient (Wildman–Crippen LogP) is 11.3. The van der Waals surface area contributed by atoms with Crippen LogP contribution in [0.5, 0.6) is 0 Å². The van der Waals surface area contributed by atoms with E-state index in [0.29, 0.717) is 0 Å². The molecule has 0 saturated carbocycles. The molecule has 0 heterocycles. The molecule has 0 fully saturated rings. The van der Waals surface area contributed by atoms with Crippen molar-refractivity contribution in [1.29, 1.82) is 0 Å². The standard InChI is InChI=1S/C42H63P.H3P/c1-37(2,3)28-19-22-34(31(25-28)40(10,11)12)43(35-23-20-29(38(4,5)6)26-32(35)41(13,14)15)36-24-21-30(39(7,8)9)27-33(36)42(16,17)18;/h19-27H,1-18H3;1H3. The van der Waals surface area contributed by atoms with Crippen molar-refractivity contribution in [2.45, 2.75) is 157 Å². The fourth-order valence-electron chi connectivity index (χ4n) is 5.78. The van der Waals surface area contributed by atoms with Crippen LogP contribution in [-0.4, -0.2) is 0 Å². The third-order valence-electron chi connectivity index (χ3n) is 8.73. The van der Waals surface area contributed by atoms with Crippen molar-refractivity contribution in [3.8, 4) is 0 Å². The Hall–Kier alpha value is -1.48. The van der Waals surface area contributed by atoms with Crippen LogP contribution in [-0.2, 0) is 32.5 Å². The van der Waals surface area contributed by atoms with Gasteiger partial charge in [0.2, 0.25) is 0 Å². The van der Waals surface area contributed by atoms with Gasteiger partial charge in [-0.15, -0.1) is 0 Å². The number of hydrogen-bond donors (Lipinski definition) is 0. The van der Waals surface area contributed by atoms with Crippen molar-refractivity contribution >= 4 is 33.7 Å². The summed E-state index contributed by atoms with van der Waals surface area (Å²) in [6.07, 6.45) is 0. The maximum Gasteiger partial charge on any atom is -0.0113 e. The number of rotatable bonds is 3. The maximum atomic E-state index is 2.53. The van der Waals surface area contributed by atoms with Crippen LogP contribution in [0.2, 0.25) is 0 Å². The van der Waals surface area contributed by atoms with Crippen LogP contribution in [0.4, 0.5) is 0 Å². The highest BCUT2D eigenvalue weighted by atomic mass is 31.1. The monoisotopic (exact) mass is 632 g/mol. The van der Waals surface area contributed by atoms with Gasteiger partial charge in [0.1, 0.15) is 0 Å². The first-order valence-corrected chi connectivity index (χ1v) is 17.7. The molecule has 1 atom stereocenters. The second-order valence-corrected chi connectivity index (χ2v) is 21.1. The van der Waals surface area contributed by atoms with E-state index < -0.39 is 7.92 Å². The van der Waals surface area contributed by atoms with E-state index in [-0.39, 0.29) is 42.4 Å². The van der Waals surface area contributed by atoms with Gasteiger partial charge in [0.15, 0.2) is 0 Å². The van der Waals surface area contributed by atoms with E-state index in [9.17, 15) is 0 Å². The molecule has 0 aliphatic heterocycles. The molecule has 3 aromatic rings. The largest absolute Gasteiger partial charge is 0.153 e. The van der Waals surface area contributed by atoms with Crippen molar-refractivity contribution in [3.63, 3.8) is 0 Å². The van der Waals surface area contributed by atoms with Gasteiger partial charge < -0.3 is 0 Å². The van der Waals surface area contributed by atoms with E-state index in [1.165, 1.54) is 49.3 Å². The number of hydrogen-bond acceptors (Lipinski definition) is 0. The Morgan fingerprint density at radius 3 is 0.682 bits per heavy atom. The molecular weight excluding hydrogens is 566 g/mol. The summed E-state index contributed by atoms with van der Waals surface area (Å²) in [5.74, 6) is 0. The Bertz CT molecular complexity index is 1270. The van der Waals surface area contributed by atoms with Crippen LogP contribution in [0.25, 0.3) is 0 Å².